The number of methoxy groups -OCH3 is 1. The first-order valence-electron chi connectivity index (χ1n) is 5.18. The summed E-state index contributed by atoms with van der Waals surface area (Å²) in [5.41, 5.74) is 0. The van der Waals surface area contributed by atoms with E-state index in [-0.39, 0.29) is 12.3 Å². The lowest BCUT2D eigenvalue weighted by Gasteiger charge is -2.20. The van der Waals surface area contributed by atoms with Gasteiger partial charge in [0.25, 0.3) is 0 Å². The van der Waals surface area contributed by atoms with Crippen molar-refractivity contribution in [3.8, 4) is 5.75 Å². The maximum Gasteiger partial charge on any atom is 0.326 e. The molecule has 1 fully saturated rings. The molecule has 1 aromatic heterocycles. The monoisotopic (exact) mass is 236 g/mol. The van der Waals surface area contributed by atoms with E-state index < -0.39 is 12.0 Å². The van der Waals surface area contributed by atoms with Crippen LogP contribution in [0.3, 0.4) is 0 Å². The van der Waals surface area contributed by atoms with Crippen LogP contribution in [-0.2, 0) is 9.59 Å². The van der Waals surface area contributed by atoms with E-state index in [1.807, 2.05) is 0 Å². The number of ether oxygens (including phenoxy) is 1. The third-order valence-corrected chi connectivity index (χ3v) is 2.70. The fraction of sp³-hybridized carbons (Fsp3) is 0.364. The number of carboxylic acids is 1. The second-order valence-corrected chi connectivity index (χ2v) is 3.71. The molecule has 0 radical (unpaired) electrons. The van der Waals surface area contributed by atoms with Crippen molar-refractivity contribution in [2.75, 3.05) is 12.0 Å². The van der Waals surface area contributed by atoms with Gasteiger partial charge in [0.05, 0.1) is 13.3 Å². The number of amides is 1. The topological polar surface area (TPSA) is 79.7 Å². The van der Waals surface area contributed by atoms with Crippen LogP contribution in [0.25, 0.3) is 0 Å². The molecule has 0 aliphatic carbocycles. The molecule has 2 heterocycles. The minimum absolute atomic E-state index is 0.213. The first-order valence-corrected chi connectivity index (χ1v) is 5.18. The van der Waals surface area contributed by atoms with Crippen molar-refractivity contribution < 1.29 is 19.4 Å². The summed E-state index contributed by atoms with van der Waals surface area (Å²) in [6, 6.07) is 2.41. The Hall–Kier alpha value is -2.11. The van der Waals surface area contributed by atoms with Gasteiger partial charge in [-0.25, -0.2) is 9.78 Å². The van der Waals surface area contributed by atoms with Crippen molar-refractivity contribution in [3.05, 3.63) is 18.3 Å². The average molecular weight is 236 g/mol. The molecule has 1 aliphatic rings. The van der Waals surface area contributed by atoms with Gasteiger partial charge in [-0.2, -0.15) is 0 Å². The summed E-state index contributed by atoms with van der Waals surface area (Å²) in [7, 11) is 1.51. The maximum absolute atomic E-state index is 11.6. The normalized spacial score (nSPS) is 19.5. The third kappa shape index (κ3) is 2.06. The zero-order valence-electron chi connectivity index (χ0n) is 9.29. The van der Waals surface area contributed by atoms with Crippen LogP contribution in [0, 0.1) is 0 Å². The highest BCUT2D eigenvalue weighted by atomic mass is 16.5. The number of aromatic nitrogens is 1. The number of hydrogen-bond acceptors (Lipinski definition) is 4. The molecule has 0 saturated carbocycles. The van der Waals surface area contributed by atoms with Crippen LogP contribution in [0.1, 0.15) is 12.8 Å². The summed E-state index contributed by atoms with van der Waals surface area (Å²) in [6.45, 7) is 0. The van der Waals surface area contributed by atoms with Crippen LogP contribution < -0.4 is 9.64 Å². The average Bonchev–Trinajstić information content (AvgIpc) is 2.71. The van der Waals surface area contributed by atoms with Gasteiger partial charge >= 0.3 is 5.97 Å². The molecule has 0 aromatic carbocycles. The van der Waals surface area contributed by atoms with Gasteiger partial charge in [-0.05, 0) is 18.6 Å². The molecule has 6 nitrogen and oxygen atoms in total. The molecule has 0 bridgehead atoms. The number of anilines is 1. The van der Waals surface area contributed by atoms with Crippen LogP contribution in [-0.4, -0.2) is 35.1 Å². The van der Waals surface area contributed by atoms with Crippen LogP contribution in [0.5, 0.6) is 5.75 Å². The summed E-state index contributed by atoms with van der Waals surface area (Å²) in [5, 5.41) is 9.02. The molecule has 1 unspecified atom stereocenters. The largest absolute Gasteiger partial charge is 0.495 e. The van der Waals surface area contributed by atoms with E-state index in [1.54, 1.807) is 12.1 Å². The van der Waals surface area contributed by atoms with E-state index in [9.17, 15) is 9.59 Å². The van der Waals surface area contributed by atoms with Crippen molar-refractivity contribution in [2.45, 2.75) is 18.9 Å². The Balaban J connectivity index is 2.29. The number of aliphatic carboxylic acids is 1. The third-order valence-electron chi connectivity index (χ3n) is 2.70. The van der Waals surface area contributed by atoms with E-state index in [0.717, 1.165) is 0 Å². The summed E-state index contributed by atoms with van der Waals surface area (Å²) >= 11 is 0. The molecule has 1 amide bonds. The highest BCUT2D eigenvalue weighted by Crippen LogP contribution is 2.26. The van der Waals surface area contributed by atoms with Gasteiger partial charge in [-0.1, -0.05) is 0 Å². The van der Waals surface area contributed by atoms with E-state index in [1.165, 1.54) is 18.2 Å². The van der Waals surface area contributed by atoms with Crippen LogP contribution in [0.2, 0.25) is 0 Å². The lowest BCUT2D eigenvalue weighted by Crippen LogP contribution is -2.39. The number of rotatable bonds is 3. The number of hydrogen-bond donors (Lipinski definition) is 1. The number of carbonyl (C=O) groups excluding carboxylic acids is 1. The summed E-state index contributed by atoms with van der Waals surface area (Å²) < 4.78 is 4.95. The zero-order chi connectivity index (χ0) is 12.4. The number of nitrogens with zero attached hydrogens (tertiary/aromatic N) is 2. The Bertz CT molecular complexity index is 443. The quantitative estimate of drug-likeness (QED) is 0.834. The highest BCUT2D eigenvalue weighted by Gasteiger charge is 2.37. The maximum atomic E-state index is 11.6. The van der Waals surface area contributed by atoms with E-state index >= 15 is 0 Å². The first kappa shape index (κ1) is 11.4. The Morgan fingerprint density at radius 3 is 2.88 bits per heavy atom. The predicted octanol–water partition coefficient (Wildman–Crippen LogP) is 0.670. The van der Waals surface area contributed by atoms with E-state index in [0.29, 0.717) is 18.0 Å². The second kappa shape index (κ2) is 4.40. The fourth-order valence-electron chi connectivity index (χ4n) is 1.84. The Kier molecular flexibility index (Phi) is 2.95. The SMILES string of the molecule is COc1ccc(N2C(=O)CCC2C(=O)O)nc1. The van der Waals surface area contributed by atoms with Crippen molar-refractivity contribution in [1.29, 1.82) is 0 Å². The predicted molar refractivity (Wildman–Crippen MR) is 58.9 cm³/mol. The highest BCUT2D eigenvalue weighted by molar-refractivity contribution is 6.01. The van der Waals surface area contributed by atoms with Crippen molar-refractivity contribution >= 4 is 17.7 Å². The van der Waals surface area contributed by atoms with Gasteiger partial charge in [0.1, 0.15) is 17.6 Å². The molecular weight excluding hydrogens is 224 g/mol. The Morgan fingerprint density at radius 1 is 1.59 bits per heavy atom. The van der Waals surface area contributed by atoms with Gasteiger partial charge in [0.2, 0.25) is 5.91 Å². The molecule has 1 atom stereocenters. The molecule has 0 spiro atoms. The molecular formula is C11H12N2O4. The Morgan fingerprint density at radius 2 is 2.35 bits per heavy atom. The minimum atomic E-state index is -1.01. The molecule has 17 heavy (non-hydrogen) atoms. The van der Waals surface area contributed by atoms with Crippen LogP contribution in [0.4, 0.5) is 5.82 Å². The smallest absolute Gasteiger partial charge is 0.326 e. The van der Waals surface area contributed by atoms with Crippen molar-refractivity contribution in [2.24, 2.45) is 0 Å². The van der Waals surface area contributed by atoms with Gasteiger partial charge in [0.15, 0.2) is 0 Å². The standard InChI is InChI=1S/C11H12N2O4/c1-17-7-2-4-9(12-6-7)13-8(11(15)16)3-5-10(13)14/h2,4,6,8H,3,5H2,1H3,(H,15,16). The van der Waals surface area contributed by atoms with Gasteiger partial charge in [-0.15, -0.1) is 0 Å². The van der Waals surface area contributed by atoms with Crippen LogP contribution in [0.15, 0.2) is 18.3 Å². The lowest BCUT2D eigenvalue weighted by molar-refractivity contribution is -0.138. The summed E-state index contributed by atoms with van der Waals surface area (Å²) in [5.74, 6) is -0.309. The molecule has 1 aliphatic heterocycles. The van der Waals surface area contributed by atoms with Crippen molar-refractivity contribution in [1.82, 2.24) is 4.98 Å². The zero-order valence-corrected chi connectivity index (χ0v) is 9.29. The molecule has 1 aromatic rings. The number of carboxylic acid groups (broad SMARTS) is 1. The lowest BCUT2D eigenvalue weighted by atomic mass is 10.2. The van der Waals surface area contributed by atoms with Gasteiger partial charge in [0, 0.05) is 6.42 Å². The van der Waals surface area contributed by atoms with E-state index in [4.69, 9.17) is 9.84 Å². The first-order chi connectivity index (χ1) is 8.13. The van der Waals surface area contributed by atoms with Gasteiger partial charge < -0.3 is 9.84 Å². The summed E-state index contributed by atoms with van der Waals surface area (Å²) in [4.78, 5) is 27.9. The van der Waals surface area contributed by atoms with Crippen LogP contribution >= 0.6 is 0 Å². The van der Waals surface area contributed by atoms with E-state index in [2.05, 4.69) is 4.98 Å². The molecule has 2 rings (SSSR count). The molecule has 1 saturated heterocycles. The number of pyridine rings is 1. The van der Waals surface area contributed by atoms with Gasteiger partial charge in [-0.3, -0.25) is 9.69 Å². The Labute approximate surface area is 97.8 Å². The molecule has 6 heteroatoms. The molecule has 1 N–H and O–H groups in total. The summed E-state index contributed by atoms with van der Waals surface area (Å²) in [6.07, 6.45) is 2.02. The number of carbonyl (C=O) groups is 2. The molecule has 90 valence electrons. The fourth-order valence-corrected chi connectivity index (χ4v) is 1.84. The second-order valence-electron chi connectivity index (χ2n) is 3.71. The minimum Gasteiger partial charge on any atom is -0.495 e. The van der Waals surface area contributed by atoms with Crippen molar-refractivity contribution in [3.63, 3.8) is 0 Å².